The average molecular weight is 363 g/mol. The molecule has 3 heterocycles. The van der Waals surface area contributed by atoms with E-state index in [-0.39, 0.29) is 28.8 Å². The second kappa shape index (κ2) is 6.00. The van der Waals surface area contributed by atoms with Gasteiger partial charge in [-0.15, -0.1) is 0 Å². The van der Waals surface area contributed by atoms with Gasteiger partial charge in [-0.05, 0) is 26.2 Å². The lowest BCUT2D eigenvalue weighted by atomic mass is 10.00. The van der Waals surface area contributed by atoms with Gasteiger partial charge in [0.05, 0.1) is 16.7 Å². The molecule has 7 heteroatoms. The molecule has 2 aliphatic heterocycles. The van der Waals surface area contributed by atoms with E-state index in [1.54, 1.807) is 6.07 Å². The highest BCUT2D eigenvalue weighted by Crippen LogP contribution is 2.36. The van der Waals surface area contributed by atoms with Gasteiger partial charge in [0.15, 0.2) is 9.84 Å². The van der Waals surface area contributed by atoms with Crippen molar-refractivity contribution in [2.75, 3.05) is 32.9 Å². The highest BCUT2D eigenvalue weighted by atomic mass is 32.2. The quantitative estimate of drug-likeness (QED) is 0.828. The molecule has 0 saturated carbocycles. The number of benzene rings is 1. The molecule has 25 heavy (non-hydrogen) atoms. The molecule has 1 aromatic heterocycles. The fourth-order valence-electron chi connectivity index (χ4n) is 4.24. The number of hydrogen-bond acceptors (Lipinski definition) is 5. The Hall–Kier alpha value is -1.57. The first kappa shape index (κ1) is 16.9. The van der Waals surface area contributed by atoms with Gasteiger partial charge in [0.25, 0.3) is 0 Å². The number of likely N-dealkylation sites (tertiary alicyclic amines) is 1. The summed E-state index contributed by atoms with van der Waals surface area (Å²) in [7, 11) is 0.838. The Morgan fingerprint density at radius 3 is 2.80 bits per heavy atom. The van der Waals surface area contributed by atoms with Crippen molar-refractivity contribution in [2.24, 2.45) is 5.92 Å². The van der Waals surface area contributed by atoms with E-state index in [1.165, 1.54) is 6.07 Å². The van der Waals surface area contributed by atoms with Gasteiger partial charge < -0.3 is 4.90 Å². The number of nitrogens with zero attached hydrogens (tertiary/aromatic N) is 3. The molecule has 0 radical (unpaired) electrons. The maximum Gasteiger partial charge on any atom is 0.156 e. The minimum Gasteiger partial charge on any atom is -0.305 e. The van der Waals surface area contributed by atoms with E-state index < -0.39 is 9.84 Å². The molecule has 2 aliphatic rings. The van der Waals surface area contributed by atoms with Crippen LogP contribution in [0.15, 0.2) is 30.3 Å². The lowest BCUT2D eigenvalue weighted by Gasteiger charge is -2.25. The summed E-state index contributed by atoms with van der Waals surface area (Å²) in [5.74, 6) is 0.0629. The van der Waals surface area contributed by atoms with E-state index in [2.05, 4.69) is 9.88 Å². The summed E-state index contributed by atoms with van der Waals surface area (Å²) in [5.41, 5.74) is 1.15. The van der Waals surface area contributed by atoms with Crippen LogP contribution in [0.2, 0.25) is 0 Å². The molecule has 2 aromatic rings. The topological polar surface area (TPSA) is 53.5 Å². The molecular weight excluding hydrogens is 341 g/mol. The number of fused-ring (bicyclic) bond motifs is 2. The van der Waals surface area contributed by atoms with Crippen LogP contribution in [0.1, 0.15) is 5.69 Å². The van der Waals surface area contributed by atoms with Crippen LogP contribution in [-0.4, -0.2) is 67.4 Å². The molecule has 0 aliphatic carbocycles. The maximum absolute atomic E-state index is 13.9. The van der Waals surface area contributed by atoms with Crippen molar-refractivity contribution in [3.8, 4) is 0 Å². The standard InChI is InChI=1S/C18H22FN3O2S/c1-21(2)16-11-25(23,24)17-10-22(9-14(16)17)8-13-7-6-12-4-3-5-15(19)18(12)20-13/h3-7,14,16-17H,8-11H2,1-2H3/t14-,16+,17-/m0/s1. The van der Waals surface area contributed by atoms with Crippen LogP contribution in [0, 0.1) is 11.7 Å². The number of pyridine rings is 1. The molecular formula is C18H22FN3O2S. The number of aromatic nitrogens is 1. The monoisotopic (exact) mass is 363 g/mol. The predicted octanol–water partition coefficient (Wildman–Crippen LogP) is 1.53. The molecule has 0 N–H and O–H groups in total. The molecule has 0 amide bonds. The van der Waals surface area contributed by atoms with E-state index in [1.807, 2.05) is 37.2 Å². The molecule has 0 bridgehead atoms. The fraction of sp³-hybridized carbons (Fsp3) is 0.500. The minimum atomic E-state index is -3.05. The average Bonchev–Trinajstić information content (AvgIpc) is 3.07. The van der Waals surface area contributed by atoms with Crippen molar-refractivity contribution in [2.45, 2.75) is 17.8 Å². The van der Waals surface area contributed by atoms with E-state index in [0.29, 0.717) is 18.6 Å². The zero-order valence-electron chi connectivity index (χ0n) is 14.4. The normalized spacial score (nSPS) is 28.7. The zero-order chi connectivity index (χ0) is 17.8. The first-order valence-corrected chi connectivity index (χ1v) is 10.2. The first-order valence-electron chi connectivity index (χ1n) is 8.49. The van der Waals surface area contributed by atoms with E-state index in [9.17, 15) is 12.8 Å². The van der Waals surface area contributed by atoms with Gasteiger partial charge in [0.2, 0.25) is 0 Å². The van der Waals surface area contributed by atoms with E-state index in [0.717, 1.165) is 17.6 Å². The summed E-state index contributed by atoms with van der Waals surface area (Å²) in [5, 5.41) is 0.481. The summed E-state index contributed by atoms with van der Waals surface area (Å²) in [6.45, 7) is 1.82. The summed E-state index contributed by atoms with van der Waals surface area (Å²) < 4.78 is 38.9. The number of rotatable bonds is 3. The van der Waals surface area contributed by atoms with Crippen LogP contribution >= 0.6 is 0 Å². The van der Waals surface area contributed by atoms with Crippen LogP contribution in [0.3, 0.4) is 0 Å². The molecule has 0 spiro atoms. The second-order valence-electron chi connectivity index (χ2n) is 7.37. The number of halogens is 1. The predicted molar refractivity (Wildman–Crippen MR) is 95.5 cm³/mol. The van der Waals surface area contributed by atoms with E-state index >= 15 is 0 Å². The largest absolute Gasteiger partial charge is 0.305 e. The van der Waals surface area contributed by atoms with Gasteiger partial charge in [-0.25, -0.2) is 17.8 Å². The number of sulfone groups is 1. The van der Waals surface area contributed by atoms with Gasteiger partial charge in [0.1, 0.15) is 11.3 Å². The van der Waals surface area contributed by atoms with E-state index in [4.69, 9.17) is 0 Å². The van der Waals surface area contributed by atoms with Crippen LogP contribution in [0.25, 0.3) is 10.9 Å². The van der Waals surface area contributed by atoms with Gasteiger partial charge in [-0.2, -0.15) is 0 Å². The molecule has 2 saturated heterocycles. The highest BCUT2D eigenvalue weighted by molar-refractivity contribution is 7.92. The molecule has 2 fully saturated rings. The van der Waals surface area contributed by atoms with Crippen LogP contribution in [0.5, 0.6) is 0 Å². The summed E-state index contributed by atoms with van der Waals surface area (Å²) in [6.07, 6.45) is 0. The number of para-hydroxylation sites is 1. The van der Waals surface area contributed by atoms with Crippen molar-refractivity contribution in [1.82, 2.24) is 14.8 Å². The van der Waals surface area contributed by atoms with Crippen molar-refractivity contribution in [3.05, 3.63) is 41.8 Å². The van der Waals surface area contributed by atoms with Crippen LogP contribution < -0.4 is 0 Å². The Balaban J connectivity index is 1.56. The maximum atomic E-state index is 13.9. The van der Waals surface area contributed by atoms with Gasteiger partial charge >= 0.3 is 0 Å². The molecule has 134 valence electrons. The Bertz CT molecular complexity index is 916. The molecule has 5 nitrogen and oxygen atoms in total. The Morgan fingerprint density at radius 2 is 2.04 bits per heavy atom. The van der Waals surface area contributed by atoms with Crippen molar-refractivity contribution in [1.29, 1.82) is 0 Å². The van der Waals surface area contributed by atoms with Crippen LogP contribution in [0.4, 0.5) is 4.39 Å². The smallest absolute Gasteiger partial charge is 0.156 e. The molecule has 1 aromatic carbocycles. The lowest BCUT2D eigenvalue weighted by Crippen LogP contribution is -2.37. The summed E-state index contributed by atoms with van der Waals surface area (Å²) in [4.78, 5) is 8.61. The lowest BCUT2D eigenvalue weighted by molar-refractivity contribution is 0.229. The molecule has 3 atom stereocenters. The Morgan fingerprint density at radius 1 is 1.24 bits per heavy atom. The van der Waals surface area contributed by atoms with Crippen molar-refractivity contribution in [3.63, 3.8) is 0 Å². The Kier molecular flexibility index (Phi) is 4.05. The fourth-order valence-corrected chi connectivity index (χ4v) is 6.75. The molecule has 0 unspecified atom stereocenters. The van der Waals surface area contributed by atoms with Crippen molar-refractivity contribution >= 4 is 20.7 Å². The third-order valence-corrected chi connectivity index (χ3v) is 7.75. The van der Waals surface area contributed by atoms with Gasteiger partial charge in [-0.3, -0.25) is 4.90 Å². The number of hydrogen-bond donors (Lipinski definition) is 0. The van der Waals surface area contributed by atoms with Gasteiger partial charge in [0, 0.05) is 37.0 Å². The SMILES string of the molecule is CN(C)[C@@H]1CS(=O)(=O)[C@H]2CN(Cc3ccc4cccc(F)c4n3)C[C@@H]12. The van der Waals surface area contributed by atoms with Crippen LogP contribution in [-0.2, 0) is 16.4 Å². The zero-order valence-corrected chi connectivity index (χ0v) is 15.2. The summed E-state index contributed by atoms with van der Waals surface area (Å²) in [6, 6.07) is 8.76. The second-order valence-corrected chi connectivity index (χ2v) is 9.64. The molecule has 4 rings (SSSR count). The third-order valence-electron chi connectivity index (χ3n) is 5.52. The first-order chi connectivity index (χ1) is 11.8. The summed E-state index contributed by atoms with van der Waals surface area (Å²) >= 11 is 0. The third kappa shape index (κ3) is 2.94. The highest BCUT2D eigenvalue weighted by Gasteiger charge is 2.52. The van der Waals surface area contributed by atoms with Crippen molar-refractivity contribution < 1.29 is 12.8 Å². The Labute approximate surface area is 147 Å². The van der Waals surface area contributed by atoms with Gasteiger partial charge in [-0.1, -0.05) is 18.2 Å². The minimum absolute atomic E-state index is 0.0713.